The van der Waals surface area contributed by atoms with Crippen molar-refractivity contribution in [2.24, 2.45) is 11.8 Å². The lowest BCUT2D eigenvalue weighted by atomic mass is 9.88. The number of nitrogens with zero attached hydrogens (tertiary/aromatic N) is 2. The van der Waals surface area contributed by atoms with Gasteiger partial charge in [-0.2, -0.15) is 0 Å². The van der Waals surface area contributed by atoms with E-state index in [0.29, 0.717) is 6.54 Å². The summed E-state index contributed by atoms with van der Waals surface area (Å²) >= 11 is 0. The van der Waals surface area contributed by atoms with Crippen molar-refractivity contribution in [2.45, 2.75) is 32.4 Å². The minimum absolute atomic E-state index is 0.0582. The molecule has 4 atom stereocenters. The van der Waals surface area contributed by atoms with Crippen molar-refractivity contribution < 1.29 is 14.4 Å². The van der Waals surface area contributed by atoms with E-state index in [4.69, 9.17) is 0 Å². The summed E-state index contributed by atoms with van der Waals surface area (Å²) in [6.07, 6.45) is 4.70. The first-order chi connectivity index (χ1) is 11.6. The number of Topliss-reactive ketones (excluding diaryl/α,β-unsaturated/α-hetero) is 1. The maximum atomic E-state index is 12.9. The highest BCUT2D eigenvalue weighted by Crippen LogP contribution is 2.48. The number of benzene rings is 1. The van der Waals surface area contributed by atoms with Gasteiger partial charge >= 0.3 is 0 Å². The Labute approximate surface area is 140 Å². The average Bonchev–Trinajstić information content (AvgIpc) is 3.04. The van der Waals surface area contributed by atoms with Crippen molar-refractivity contribution in [1.82, 2.24) is 4.90 Å². The molecule has 24 heavy (non-hydrogen) atoms. The molecule has 3 aliphatic rings. The molecule has 0 bridgehead atoms. The fraction of sp³-hybridized carbons (Fsp3) is 0.421. The number of hydrogen-bond donors (Lipinski definition) is 0. The molecule has 0 saturated carbocycles. The van der Waals surface area contributed by atoms with Crippen LogP contribution < -0.4 is 4.90 Å². The molecule has 2 fully saturated rings. The second-order valence-corrected chi connectivity index (χ2v) is 6.75. The predicted octanol–water partition coefficient (Wildman–Crippen LogP) is 1.87. The molecule has 0 N–H and O–H groups in total. The van der Waals surface area contributed by atoms with Crippen LogP contribution in [-0.4, -0.2) is 41.1 Å². The first kappa shape index (κ1) is 15.1. The molecule has 0 unspecified atom stereocenters. The summed E-state index contributed by atoms with van der Waals surface area (Å²) in [7, 11) is 0. The Morgan fingerprint density at radius 3 is 2.54 bits per heavy atom. The summed E-state index contributed by atoms with van der Waals surface area (Å²) in [5, 5.41) is 0. The zero-order valence-electron chi connectivity index (χ0n) is 13.8. The number of fused-ring (bicyclic) bond motifs is 5. The van der Waals surface area contributed by atoms with Gasteiger partial charge in [-0.1, -0.05) is 37.3 Å². The van der Waals surface area contributed by atoms with Gasteiger partial charge in [0.15, 0.2) is 5.78 Å². The minimum Gasteiger partial charge on any atom is -0.353 e. The van der Waals surface area contributed by atoms with Crippen LogP contribution in [0.4, 0.5) is 5.69 Å². The number of ketones is 1. The molecule has 5 nitrogen and oxygen atoms in total. The van der Waals surface area contributed by atoms with Crippen LogP contribution in [-0.2, 0) is 14.4 Å². The summed E-state index contributed by atoms with van der Waals surface area (Å²) in [6.45, 7) is 3.90. The third-order valence-corrected chi connectivity index (χ3v) is 5.37. The average molecular weight is 324 g/mol. The molecular weight excluding hydrogens is 304 g/mol. The van der Waals surface area contributed by atoms with Crippen LogP contribution in [0.15, 0.2) is 30.3 Å². The monoisotopic (exact) mass is 324 g/mol. The molecule has 4 rings (SSSR count). The van der Waals surface area contributed by atoms with Gasteiger partial charge in [-0.25, -0.2) is 0 Å². The Bertz CT molecular complexity index is 770. The number of para-hydroxylation sites is 1. The Morgan fingerprint density at radius 2 is 1.83 bits per heavy atom. The van der Waals surface area contributed by atoms with Gasteiger partial charge in [-0.05, 0) is 25.0 Å². The van der Waals surface area contributed by atoms with Gasteiger partial charge < -0.3 is 4.90 Å². The molecule has 2 saturated heterocycles. The van der Waals surface area contributed by atoms with E-state index >= 15 is 0 Å². The lowest BCUT2D eigenvalue weighted by Gasteiger charge is -2.36. The van der Waals surface area contributed by atoms with E-state index in [1.54, 1.807) is 0 Å². The predicted molar refractivity (Wildman–Crippen MR) is 90.2 cm³/mol. The SMILES string of the molecule is CCCN1C(=O)[C@@H]2[C@H](C1=O)[C@@H](C(C)=O)N1c3ccccc3C=C[C@@H]21. The van der Waals surface area contributed by atoms with Crippen LogP contribution in [0, 0.1) is 11.8 Å². The smallest absolute Gasteiger partial charge is 0.235 e. The van der Waals surface area contributed by atoms with Crippen molar-refractivity contribution in [2.75, 3.05) is 11.4 Å². The van der Waals surface area contributed by atoms with Crippen LogP contribution >= 0.6 is 0 Å². The molecule has 1 aromatic rings. The summed E-state index contributed by atoms with van der Waals surface area (Å²) in [5.41, 5.74) is 1.95. The van der Waals surface area contributed by atoms with Gasteiger partial charge in [0.1, 0.15) is 6.04 Å². The Morgan fingerprint density at radius 1 is 1.12 bits per heavy atom. The topological polar surface area (TPSA) is 57.7 Å². The lowest BCUT2D eigenvalue weighted by Crippen LogP contribution is -2.48. The molecule has 124 valence electrons. The maximum absolute atomic E-state index is 12.9. The van der Waals surface area contributed by atoms with Gasteiger partial charge in [0.05, 0.1) is 17.9 Å². The molecule has 1 aromatic carbocycles. The van der Waals surface area contributed by atoms with Crippen LogP contribution in [0.2, 0.25) is 0 Å². The number of carbonyl (C=O) groups excluding carboxylic acids is 3. The number of anilines is 1. The second kappa shape index (κ2) is 5.30. The minimum atomic E-state index is -0.567. The number of likely N-dealkylation sites (tertiary alicyclic amines) is 1. The van der Waals surface area contributed by atoms with Crippen LogP contribution in [0.25, 0.3) is 6.08 Å². The number of amides is 2. The van der Waals surface area contributed by atoms with Gasteiger partial charge in [0, 0.05) is 12.2 Å². The second-order valence-electron chi connectivity index (χ2n) is 6.75. The maximum Gasteiger partial charge on any atom is 0.235 e. The summed E-state index contributed by atoms with van der Waals surface area (Å²) < 4.78 is 0. The van der Waals surface area contributed by atoms with Gasteiger partial charge in [-0.3, -0.25) is 19.3 Å². The highest BCUT2D eigenvalue weighted by atomic mass is 16.2. The third kappa shape index (κ3) is 1.84. The molecule has 0 aliphatic carbocycles. The Balaban J connectivity index is 1.84. The van der Waals surface area contributed by atoms with E-state index in [-0.39, 0.29) is 23.6 Å². The summed E-state index contributed by atoms with van der Waals surface area (Å²) in [4.78, 5) is 41.5. The van der Waals surface area contributed by atoms with Crippen molar-refractivity contribution in [3.8, 4) is 0 Å². The first-order valence-corrected chi connectivity index (χ1v) is 8.47. The largest absolute Gasteiger partial charge is 0.353 e. The van der Waals surface area contributed by atoms with Gasteiger partial charge in [0.2, 0.25) is 11.8 Å². The van der Waals surface area contributed by atoms with Gasteiger partial charge in [-0.15, -0.1) is 0 Å². The van der Waals surface area contributed by atoms with E-state index in [2.05, 4.69) is 0 Å². The van der Waals surface area contributed by atoms with E-state index in [0.717, 1.165) is 17.7 Å². The Kier molecular flexibility index (Phi) is 3.34. The number of rotatable bonds is 3. The van der Waals surface area contributed by atoms with E-state index < -0.39 is 17.9 Å². The third-order valence-electron chi connectivity index (χ3n) is 5.37. The molecule has 3 aliphatic heterocycles. The molecular formula is C19H20N2O3. The highest BCUT2D eigenvalue weighted by molar-refractivity contribution is 6.10. The zero-order chi connectivity index (χ0) is 17.0. The number of carbonyl (C=O) groups is 3. The molecule has 0 spiro atoms. The summed E-state index contributed by atoms with van der Waals surface area (Å²) in [5.74, 6) is -1.40. The summed E-state index contributed by atoms with van der Waals surface area (Å²) in [6, 6.07) is 7.03. The van der Waals surface area contributed by atoms with Crippen LogP contribution in [0.5, 0.6) is 0 Å². The van der Waals surface area contributed by atoms with Crippen molar-refractivity contribution in [3.63, 3.8) is 0 Å². The highest BCUT2D eigenvalue weighted by Gasteiger charge is 2.63. The van der Waals surface area contributed by atoms with Crippen LogP contribution in [0.1, 0.15) is 25.8 Å². The molecule has 5 heteroatoms. The van der Waals surface area contributed by atoms with Crippen molar-refractivity contribution >= 4 is 29.4 Å². The van der Waals surface area contributed by atoms with E-state index in [1.807, 2.05) is 48.2 Å². The van der Waals surface area contributed by atoms with Crippen molar-refractivity contribution in [3.05, 3.63) is 35.9 Å². The van der Waals surface area contributed by atoms with Crippen molar-refractivity contribution in [1.29, 1.82) is 0 Å². The molecule has 3 heterocycles. The van der Waals surface area contributed by atoms with Gasteiger partial charge in [0.25, 0.3) is 0 Å². The number of hydrogen-bond acceptors (Lipinski definition) is 4. The normalized spacial score (nSPS) is 30.4. The fourth-order valence-electron chi connectivity index (χ4n) is 4.48. The first-order valence-electron chi connectivity index (χ1n) is 8.47. The quantitative estimate of drug-likeness (QED) is 0.797. The molecule has 0 radical (unpaired) electrons. The zero-order valence-corrected chi connectivity index (χ0v) is 13.8. The van der Waals surface area contributed by atoms with Crippen LogP contribution in [0.3, 0.4) is 0 Å². The van der Waals surface area contributed by atoms with E-state index in [9.17, 15) is 14.4 Å². The lowest BCUT2D eigenvalue weighted by molar-refractivity contribution is -0.141. The standard InChI is InChI=1S/C19H20N2O3/c1-3-10-20-18(23)15-14-9-8-12-6-4-5-7-13(12)21(14)17(11(2)22)16(15)19(20)24/h4-9,14-17H,3,10H2,1-2H3/t14-,15-,16-,17+/m0/s1. The van der Waals surface area contributed by atoms with E-state index in [1.165, 1.54) is 11.8 Å². The number of imide groups is 1. The fourth-order valence-corrected chi connectivity index (χ4v) is 4.48. The molecule has 0 aromatic heterocycles. The molecule has 2 amide bonds. The Hall–Kier alpha value is -2.43.